The van der Waals surface area contributed by atoms with Crippen LogP contribution in [0.1, 0.15) is 35.3 Å². The molecule has 0 radical (unpaired) electrons. The van der Waals surface area contributed by atoms with Crippen LogP contribution in [0.3, 0.4) is 0 Å². The van der Waals surface area contributed by atoms with E-state index in [4.69, 9.17) is 27.9 Å². The van der Waals surface area contributed by atoms with Gasteiger partial charge >= 0.3 is 6.18 Å². The van der Waals surface area contributed by atoms with Crippen molar-refractivity contribution in [3.8, 4) is 0 Å². The number of alkyl halides is 3. The largest absolute Gasteiger partial charge is 0.416 e. The van der Waals surface area contributed by atoms with Crippen LogP contribution in [0, 0.1) is 0 Å². The number of carbonyl (C=O) groups is 1. The first-order chi connectivity index (χ1) is 17.5. The SMILES string of the molecule is C[C@@H]1CN(CCN2CCN(C(=O)c3cc(Cl)cc(C(F)(F)F)c3)[C@H](Cc3ccc(Cl)cc3)C2)C[C@H](C)O1.Cl.Cl. The average molecular weight is 631 g/mol. The van der Waals surface area contributed by atoms with Crippen molar-refractivity contribution in [2.45, 2.75) is 44.7 Å². The molecule has 0 spiro atoms. The van der Waals surface area contributed by atoms with Crippen molar-refractivity contribution in [1.29, 1.82) is 0 Å². The van der Waals surface area contributed by atoms with Crippen LogP contribution in [0.4, 0.5) is 13.2 Å². The number of rotatable bonds is 6. The third-order valence-electron chi connectivity index (χ3n) is 6.91. The first kappa shape index (κ1) is 33.9. The summed E-state index contributed by atoms with van der Waals surface area (Å²) in [6.07, 6.45) is -3.64. The monoisotopic (exact) mass is 629 g/mol. The van der Waals surface area contributed by atoms with Crippen LogP contribution in [0.25, 0.3) is 0 Å². The number of ether oxygens (including phenoxy) is 1. The Balaban J connectivity index is 0.00000267. The summed E-state index contributed by atoms with van der Waals surface area (Å²) in [6, 6.07) is 10.3. The minimum Gasteiger partial charge on any atom is -0.373 e. The second-order valence-electron chi connectivity index (χ2n) is 10.0. The predicted molar refractivity (Wildman–Crippen MR) is 154 cm³/mol. The highest BCUT2D eigenvalue weighted by Gasteiger charge is 2.35. The number of carbonyl (C=O) groups excluding carboxylic acids is 1. The Bertz CT molecular complexity index is 1080. The van der Waals surface area contributed by atoms with Crippen molar-refractivity contribution in [2.75, 3.05) is 45.8 Å². The van der Waals surface area contributed by atoms with Gasteiger partial charge in [0.25, 0.3) is 5.91 Å². The molecule has 2 heterocycles. The lowest BCUT2D eigenvalue weighted by Gasteiger charge is -2.43. The lowest BCUT2D eigenvalue weighted by molar-refractivity contribution is -0.137. The molecule has 5 nitrogen and oxygen atoms in total. The second-order valence-corrected chi connectivity index (χ2v) is 10.9. The van der Waals surface area contributed by atoms with Crippen molar-refractivity contribution < 1.29 is 22.7 Å². The third kappa shape index (κ3) is 9.38. The van der Waals surface area contributed by atoms with Gasteiger partial charge in [-0.15, -0.1) is 24.8 Å². The predicted octanol–water partition coefficient (Wildman–Crippen LogP) is 6.33. The van der Waals surface area contributed by atoms with E-state index >= 15 is 0 Å². The minimum absolute atomic E-state index is 0. The van der Waals surface area contributed by atoms with Crippen LogP contribution < -0.4 is 0 Å². The van der Waals surface area contributed by atoms with Gasteiger partial charge < -0.3 is 9.64 Å². The van der Waals surface area contributed by atoms with E-state index < -0.39 is 17.6 Å². The quantitative estimate of drug-likeness (QED) is 0.374. The number of hydrogen-bond donors (Lipinski definition) is 0. The van der Waals surface area contributed by atoms with Gasteiger partial charge in [-0.1, -0.05) is 35.3 Å². The highest BCUT2D eigenvalue weighted by Crippen LogP contribution is 2.32. The maximum Gasteiger partial charge on any atom is 0.416 e. The minimum atomic E-state index is -4.59. The Hall–Kier alpha value is -1.26. The van der Waals surface area contributed by atoms with Gasteiger partial charge in [-0.2, -0.15) is 13.2 Å². The standard InChI is InChI=1S/C27H32Cl2F3N3O2.2ClH/c1-18-15-34(16-19(2)37-18)8-7-33-9-10-35(25(17-33)11-20-3-5-23(28)6-4-20)26(36)21-12-22(27(30,31)32)14-24(29)13-21;;/h3-6,12-14,18-19,25H,7-11,15-17H2,1-2H3;2*1H/t18-,19+,25-;;/m1../s1. The summed E-state index contributed by atoms with van der Waals surface area (Å²) in [5.74, 6) is -0.442. The summed E-state index contributed by atoms with van der Waals surface area (Å²) >= 11 is 12.0. The Morgan fingerprint density at radius 1 is 0.897 bits per heavy atom. The molecule has 0 unspecified atom stereocenters. The van der Waals surface area contributed by atoms with E-state index in [0.29, 0.717) is 31.1 Å². The summed E-state index contributed by atoms with van der Waals surface area (Å²) in [7, 11) is 0. The van der Waals surface area contributed by atoms with Crippen LogP contribution in [0.2, 0.25) is 10.0 Å². The van der Waals surface area contributed by atoms with Gasteiger partial charge in [-0.3, -0.25) is 14.6 Å². The van der Waals surface area contributed by atoms with Gasteiger partial charge in [0.2, 0.25) is 0 Å². The first-order valence-electron chi connectivity index (χ1n) is 12.5. The zero-order chi connectivity index (χ0) is 26.7. The molecule has 0 bridgehead atoms. The zero-order valence-electron chi connectivity index (χ0n) is 21.8. The van der Waals surface area contributed by atoms with E-state index in [-0.39, 0.29) is 53.6 Å². The third-order valence-corrected chi connectivity index (χ3v) is 7.38. The van der Waals surface area contributed by atoms with Gasteiger partial charge in [0.05, 0.1) is 17.8 Å². The molecule has 0 saturated carbocycles. The molecule has 2 aromatic rings. The number of halogens is 7. The Kier molecular flexibility index (Phi) is 12.7. The molecule has 2 fully saturated rings. The number of hydrogen-bond acceptors (Lipinski definition) is 4. The molecule has 2 aromatic carbocycles. The zero-order valence-corrected chi connectivity index (χ0v) is 24.9. The molecular weight excluding hydrogens is 597 g/mol. The van der Waals surface area contributed by atoms with E-state index in [1.54, 1.807) is 17.0 Å². The molecule has 0 N–H and O–H groups in total. The summed E-state index contributed by atoms with van der Waals surface area (Å²) in [4.78, 5) is 19.9. The molecule has 0 aromatic heterocycles. The smallest absolute Gasteiger partial charge is 0.373 e. The summed E-state index contributed by atoms with van der Waals surface area (Å²) in [6.45, 7) is 9.34. The number of benzene rings is 2. The van der Waals surface area contributed by atoms with Gasteiger partial charge in [-0.25, -0.2) is 0 Å². The molecular formula is C27H34Cl4F3N3O2. The topological polar surface area (TPSA) is 36.0 Å². The Morgan fingerprint density at radius 3 is 2.13 bits per heavy atom. The molecule has 1 amide bonds. The fraction of sp³-hybridized carbons (Fsp3) is 0.519. The molecule has 39 heavy (non-hydrogen) atoms. The fourth-order valence-corrected chi connectivity index (χ4v) is 5.61. The van der Waals surface area contributed by atoms with Crippen molar-refractivity contribution in [3.63, 3.8) is 0 Å². The Morgan fingerprint density at radius 2 is 1.51 bits per heavy atom. The highest BCUT2D eigenvalue weighted by atomic mass is 35.5. The molecule has 4 rings (SSSR count). The highest BCUT2D eigenvalue weighted by molar-refractivity contribution is 6.31. The van der Waals surface area contributed by atoms with E-state index in [1.165, 1.54) is 6.07 Å². The lowest BCUT2D eigenvalue weighted by Crippen LogP contribution is -2.57. The molecule has 2 aliphatic rings. The van der Waals surface area contributed by atoms with E-state index in [9.17, 15) is 18.0 Å². The number of morpholine rings is 1. The van der Waals surface area contributed by atoms with Crippen LogP contribution in [-0.4, -0.2) is 84.7 Å². The Labute approximate surface area is 250 Å². The summed E-state index contributed by atoms with van der Waals surface area (Å²) in [5, 5.41) is 0.509. The van der Waals surface area contributed by atoms with E-state index in [0.717, 1.165) is 43.9 Å². The van der Waals surface area contributed by atoms with Crippen LogP contribution in [0.15, 0.2) is 42.5 Å². The molecule has 218 valence electrons. The van der Waals surface area contributed by atoms with Gasteiger partial charge in [0, 0.05) is 67.5 Å². The molecule has 2 aliphatic heterocycles. The van der Waals surface area contributed by atoms with Gasteiger partial charge in [-0.05, 0) is 56.2 Å². The van der Waals surface area contributed by atoms with Crippen LogP contribution in [0.5, 0.6) is 0 Å². The van der Waals surface area contributed by atoms with Crippen molar-refractivity contribution in [1.82, 2.24) is 14.7 Å². The average Bonchev–Trinajstić information content (AvgIpc) is 2.82. The van der Waals surface area contributed by atoms with Crippen LogP contribution in [-0.2, 0) is 17.3 Å². The number of amides is 1. The number of nitrogens with zero attached hydrogens (tertiary/aromatic N) is 3. The first-order valence-corrected chi connectivity index (χ1v) is 13.3. The molecule has 3 atom stereocenters. The second kappa shape index (κ2) is 14.6. The molecule has 2 saturated heterocycles. The summed E-state index contributed by atoms with van der Waals surface area (Å²) in [5.41, 5.74) is 0.0304. The van der Waals surface area contributed by atoms with Crippen LogP contribution >= 0.6 is 48.0 Å². The normalized spacial score (nSPS) is 22.6. The fourth-order valence-electron chi connectivity index (χ4n) is 5.25. The van der Waals surface area contributed by atoms with E-state index in [2.05, 4.69) is 23.6 Å². The maximum absolute atomic E-state index is 13.5. The number of piperazine rings is 1. The van der Waals surface area contributed by atoms with Crippen molar-refractivity contribution in [2.24, 2.45) is 0 Å². The van der Waals surface area contributed by atoms with Gasteiger partial charge in [0.15, 0.2) is 0 Å². The lowest BCUT2D eigenvalue weighted by atomic mass is 10.00. The van der Waals surface area contributed by atoms with E-state index in [1.807, 2.05) is 12.1 Å². The molecule has 0 aliphatic carbocycles. The maximum atomic E-state index is 13.5. The van der Waals surface area contributed by atoms with Crippen molar-refractivity contribution >= 4 is 53.9 Å². The van der Waals surface area contributed by atoms with Crippen molar-refractivity contribution in [3.05, 3.63) is 69.2 Å². The summed E-state index contributed by atoms with van der Waals surface area (Å²) < 4.78 is 46.0. The molecule has 12 heteroatoms. The van der Waals surface area contributed by atoms with Gasteiger partial charge in [0.1, 0.15) is 0 Å².